The fraction of sp³-hybridized carbons (Fsp3) is 0.133. The van der Waals surface area contributed by atoms with Gasteiger partial charge in [0.25, 0.3) is 5.91 Å². The van der Waals surface area contributed by atoms with E-state index in [4.69, 9.17) is 21.1 Å². The highest BCUT2D eigenvalue weighted by Crippen LogP contribution is 2.36. The van der Waals surface area contributed by atoms with E-state index in [0.29, 0.717) is 41.0 Å². The maximum absolute atomic E-state index is 12.9. The molecular formula is C30H24ClIN2O3. The van der Waals surface area contributed by atoms with E-state index >= 15 is 0 Å². The Labute approximate surface area is 234 Å². The molecule has 0 bridgehead atoms. The van der Waals surface area contributed by atoms with E-state index in [-0.39, 0.29) is 5.57 Å². The number of anilines is 1. The summed E-state index contributed by atoms with van der Waals surface area (Å²) in [6.07, 6.45) is 1.53. The number of para-hydroxylation sites is 1. The molecule has 0 aromatic heterocycles. The Kier molecular flexibility index (Phi) is 8.70. The maximum Gasteiger partial charge on any atom is 0.266 e. The molecule has 0 saturated carbocycles. The quantitative estimate of drug-likeness (QED) is 0.123. The summed E-state index contributed by atoms with van der Waals surface area (Å²) >= 11 is 8.41. The van der Waals surface area contributed by atoms with Crippen molar-refractivity contribution in [2.24, 2.45) is 0 Å². The maximum atomic E-state index is 12.9. The van der Waals surface area contributed by atoms with Crippen LogP contribution >= 0.6 is 34.2 Å². The first-order valence-electron chi connectivity index (χ1n) is 11.6. The molecule has 0 aliphatic carbocycles. The van der Waals surface area contributed by atoms with Crippen molar-refractivity contribution in [3.8, 4) is 17.6 Å². The van der Waals surface area contributed by atoms with Gasteiger partial charge in [0.15, 0.2) is 11.5 Å². The number of carbonyl (C=O) groups excluding carboxylic acids is 1. The van der Waals surface area contributed by atoms with Crippen molar-refractivity contribution < 1.29 is 14.3 Å². The van der Waals surface area contributed by atoms with Gasteiger partial charge >= 0.3 is 0 Å². The van der Waals surface area contributed by atoms with Crippen LogP contribution in [-0.2, 0) is 11.4 Å². The summed E-state index contributed by atoms with van der Waals surface area (Å²) in [5, 5.41) is 15.1. The summed E-state index contributed by atoms with van der Waals surface area (Å²) in [5.74, 6) is 0.616. The summed E-state index contributed by atoms with van der Waals surface area (Å²) in [5.41, 5.74) is 2.95. The molecule has 0 radical (unpaired) electrons. The number of ether oxygens (including phenoxy) is 2. The zero-order chi connectivity index (χ0) is 26.4. The van der Waals surface area contributed by atoms with Crippen LogP contribution in [-0.4, -0.2) is 12.5 Å². The topological polar surface area (TPSA) is 71.3 Å². The Hall–Kier alpha value is -3.54. The molecule has 186 valence electrons. The first-order chi connectivity index (χ1) is 17.9. The van der Waals surface area contributed by atoms with Gasteiger partial charge in [-0.1, -0.05) is 66.2 Å². The number of fused-ring (bicyclic) bond motifs is 1. The van der Waals surface area contributed by atoms with Gasteiger partial charge in [-0.25, -0.2) is 0 Å². The Morgan fingerprint density at radius 3 is 2.59 bits per heavy atom. The Morgan fingerprint density at radius 1 is 1.08 bits per heavy atom. The molecule has 4 aromatic carbocycles. The zero-order valence-electron chi connectivity index (χ0n) is 20.3. The normalized spacial score (nSPS) is 11.2. The highest BCUT2D eigenvalue weighted by atomic mass is 127. The molecule has 7 heteroatoms. The molecule has 0 aliphatic heterocycles. The van der Waals surface area contributed by atoms with Gasteiger partial charge in [-0.3, -0.25) is 4.79 Å². The molecule has 0 atom stereocenters. The standard InChI is InChI=1S/C30H24ClIN2O3/c1-3-36-27-16-20(14-23(17-33)30(35)34-28-19(2)8-6-13-25(28)31)15-26(32)29(27)37-18-22-11-7-10-21-9-4-5-12-24(21)22/h4-16H,3,18H2,1-2H3,(H,34,35)/b23-14+. The minimum absolute atomic E-state index is 0.0537. The van der Waals surface area contributed by atoms with Gasteiger partial charge in [-0.05, 0) is 88.2 Å². The van der Waals surface area contributed by atoms with E-state index in [0.717, 1.165) is 25.5 Å². The van der Waals surface area contributed by atoms with Crippen LogP contribution < -0.4 is 14.8 Å². The van der Waals surface area contributed by atoms with Gasteiger partial charge in [-0.15, -0.1) is 0 Å². The van der Waals surface area contributed by atoms with Crippen LogP contribution in [0.3, 0.4) is 0 Å². The van der Waals surface area contributed by atoms with Gasteiger partial charge in [0.2, 0.25) is 0 Å². The van der Waals surface area contributed by atoms with E-state index in [1.165, 1.54) is 6.08 Å². The molecule has 0 spiro atoms. The fourth-order valence-electron chi connectivity index (χ4n) is 3.93. The lowest BCUT2D eigenvalue weighted by molar-refractivity contribution is -0.112. The number of hydrogen-bond acceptors (Lipinski definition) is 4. The van der Waals surface area contributed by atoms with Crippen molar-refractivity contribution in [1.82, 2.24) is 0 Å². The van der Waals surface area contributed by atoms with Crippen LogP contribution in [0.4, 0.5) is 5.69 Å². The van der Waals surface area contributed by atoms with Gasteiger partial charge < -0.3 is 14.8 Å². The molecule has 1 amide bonds. The second-order valence-electron chi connectivity index (χ2n) is 8.25. The molecule has 0 unspecified atom stereocenters. The second-order valence-corrected chi connectivity index (χ2v) is 9.82. The van der Waals surface area contributed by atoms with Crippen molar-refractivity contribution >= 4 is 62.6 Å². The summed E-state index contributed by atoms with van der Waals surface area (Å²) in [6, 6.07) is 25.3. The smallest absolute Gasteiger partial charge is 0.266 e. The lowest BCUT2D eigenvalue weighted by atomic mass is 10.1. The van der Waals surface area contributed by atoms with E-state index < -0.39 is 5.91 Å². The number of carbonyl (C=O) groups is 1. The average molecular weight is 623 g/mol. The molecule has 1 N–H and O–H groups in total. The minimum Gasteiger partial charge on any atom is -0.490 e. The third-order valence-corrected chi connectivity index (χ3v) is 6.84. The summed E-state index contributed by atoms with van der Waals surface area (Å²) < 4.78 is 12.9. The number of amides is 1. The van der Waals surface area contributed by atoms with Crippen LogP contribution in [0.1, 0.15) is 23.6 Å². The van der Waals surface area contributed by atoms with Crippen molar-refractivity contribution in [3.63, 3.8) is 0 Å². The highest BCUT2D eigenvalue weighted by Gasteiger charge is 2.16. The summed E-state index contributed by atoms with van der Waals surface area (Å²) in [4.78, 5) is 12.9. The van der Waals surface area contributed by atoms with Crippen molar-refractivity contribution in [2.75, 3.05) is 11.9 Å². The number of nitriles is 1. The largest absolute Gasteiger partial charge is 0.490 e. The van der Waals surface area contributed by atoms with Crippen molar-refractivity contribution in [1.29, 1.82) is 5.26 Å². The van der Waals surface area contributed by atoms with Gasteiger partial charge in [0.1, 0.15) is 18.2 Å². The third-order valence-electron chi connectivity index (χ3n) is 5.72. The fourth-order valence-corrected chi connectivity index (χ4v) is 4.98. The van der Waals surface area contributed by atoms with E-state index in [9.17, 15) is 10.1 Å². The van der Waals surface area contributed by atoms with E-state index in [2.05, 4.69) is 46.1 Å². The number of hydrogen-bond donors (Lipinski definition) is 1. The minimum atomic E-state index is -0.539. The summed E-state index contributed by atoms with van der Waals surface area (Å²) in [7, 11) is 0. The Morgan fingerprint density at radius 2 is 1.84 bits per heavy atom. The molecule has 5 nitrogen and oxygen atoms in total. The summed E-state index contributed by atoms with van der Waals surface area (Å²) in [6.45, 7) is 4.54. The van der Waals surface area contributed by atoms with Crippen LogP contribution in [0.15, 0.2) is 78.4 Å². The van der Waals surface area contributed by atoms with Crippen LogP contribution in [0.2, 0.25) is 5.02 Å². The van der Waals surface area contributed by atoms with E-state index in [1.54, 1.807) is 18.2 Å². The first-order valence-corrected chi connectivity index (χ1v) is 13.1. The van der Waals surface area contributed by atoms with Crippen LogP contribution in [0.5, 0.6) is 11.5 Å². The SMILES string of the molecule is CCOc1cc(/C=C(\C#N)C(=O)Nc2c(C)cccc2Cl)cc(I)c1OCc1cccc2ccccc12. The molecule has 4 rings (SSSR count). The number of aryl methyl sites for hydroxylation is 1. The molecule has 37 heavy (non-hydrogen) atoms. The van der Waals surface area contributed by atoms with Crippen molar-refractivity contribution in [3.05, 3.63) is 104 Å². The second kappa shape index (κ2) is 12.1. The number of nitrogens with one attached hydrogen (secondary N) is 1. The highest BCUT2D eigenvalue weighted by molar-refractivity contribution is 14.1. The number of benzene rings is 4. The number of rotatable bonds is 8. The predicted octanol–water partition coefficient (Wildman–Crippen LogP) is 7.93. The predicted molar refractivity (Wildman–Crippen MR) is 157 cm³/mol. The van der Waals surface area contributed by atoms with Crippen LogP contribution in [0, 0.1) is 21.8 Å². The third kappa shape index (κ3) is 6.24. The monoisotopic (exact) mass is 622 g/mol. The number of halogens is 2. The van der Waals surface area contributed by atoms with E-state index in [1.807, 2.05) is 56.3 Å². The first kappa shape index (κ1) is 26.5. The molecule has 0 saturated heterocycles. The molecule has 0 aliphatic rings. The van der Waals surface area contributed by atoms with Crippen LogP contribution in [0.25, 0.3) is 16.8 Å². The molecule has 0 heterocycles. The Balaban J connectivity index is 1.61. The molecular weight excluding hydrogens is 599 g/mol. The molecule has 4 aromatic rings. The zero-order valence-corrected chi connectivity index (χ0v) is 23.3. The number of nitrogens with zero attached hydrogens (tertiary/aromatic N) is 1. The lowest BCUT2D eigenvalue weighted by Gasteiger charge is -2.16. The average Bonchev–Trinajstić information content (AvgIpc) is 2.89. The van der Waals surface area contributed by atoms with Gasteiger partial charge in [0.05, 0.1) is 20.9 Å². The van der Waals surface area contributed by atoms with Gasteiger partial charge in [0, 0.05) is 0 Å². The Bertz CT molecular complexity index is 1520. The van der Waals surface area contributed by atoms with Gasteiger partial charge in [-0.2, -0.15) is 5.26 Å². The van der Waals surface area contributed by atoms with Crippen molar-refractivity contribution in [2.45, 2.75) is 20.5 Å². The molecule has 0 fully saturated rings. The lowest BCUT2D eigenvalue weighted by Crippen LogP contribution is -2.14.